The van der Waals surface area contributed by atoms with Gasteiger partial charge in [0, 0.05) is 13.0 Å². The van der Waals surface area contributed by atoms with Crippen LogP contribution in [0.3, 0.4) is 0 Å². The number of aliphatic hydroxyl groups is 4. The molecule has 1 heterocycles. The maximum absolute atomic E-state index is 12.9. The number of allylic oxidation sites excluding steroid dienone is 10. The van der Waals surface area contributed by atoms with Gasteiger partial charge in [0.25, 0.3) is 0 Å². The molecule has 0 amide bonds. The minimum Gasteiger partial charge on any atom is -0.457 e. The van der Waals surface area contributed by atoms with Gasteiger partial charge < -0.3 is 39.4 Å². The van der Waals surface area contributed by atoms with E-state index in [4.69, 9.17) is 18.9 Å². The van der Waals surface area contributed by atoms with E-state index >= 15 is 0 Å². The topological polar surface area (TPSA) is 135 Å². The quantitative estimate of drug-likeness (QED) is 0.0267. The van der Waals surface area contributed by atoms with Crippen LogP contribution in [-0.4, -0.2) is 89.6 Å². The Labute approximate surface area is 405 Å². The maximum Gasteiger partial charge on any atom is 0.306 e. The molecule has 1 saturated heterocycles. The first-order valence-electron chi connectivity index (χ1n) is 27.4. The van der Waals surface area contributed by atoms with E-state index in [1.165, 1.54) is 154 Å². The molecule has 6 unspecified atom stereocenters. The summed E-state index contributed by atoms with van der Waals surface area (Å²) in [6, 6.07) is 0. The molecule has 0 bridgehead atoms. The van der Waals surface area contributed by atoms with Crippen LogP contribution in [0, 0.1) is 0 Å². The van der Waals surface area contributed by atoms with Crippen molar-refractivity contribution in [2.45, 2.75) is 269 Å². The lowest BCUT2D eigenvalue weighted by atomic mass is 9.99. The summed E-state index contributed by atoms with van der Waals surface area (Å²) in [6.45, 7) is 4.53. The van der Waals surface area contributed by atoms with Crippen molar-refractivity contribution in [2.24, 2.45) is 0 Å². The Balaban J connectivity index is 2.19. The Morgan fingerprint density at radius 2 is 0.879 bits per heavy atom. The smallest absolute Gasteiger partial charge is 0.306 e. The van der Waals surface area contributed by atoms with Gasteiger partial charge in [-0.1, -0.05) is 203 Å². The van der Waals surface area contributed by atoms with Crippen molar-refractivity contribution in [2.75, 3.05) is 26.4 Å². The Morgan fingerprint density at radius 1 is 0.485 bits per heavy atom. The molecule has 0 aromatic rings. The molecule has 0 aliphatic carbocycles. The molecule has 6 atom stereocenters. The maximum atomic E-state index is 12.9. The summed E-state index contributed by atoms with van der Waals surface area (Å²) < 4.78 is 22.9. The van der Waals surface area contributed by atoms with Crippen molar-refractivity contribution < 1.29 is 44.2 Å². The lowest BCUT2D eigenvalue weighted by Gasteiger charge is -2.39. The highest BCUT2D eigenvalue weighted by Crippen LogP contribution is 2.23. The molecule has 9 heteroatoms. The van der Waals surface area contributed by atoms with Crippen molar-refractivity contribution in [3.8, 4) is 0 Å². The number of rotatable bonds is 47. The second-order valence-corrected chi connectivity index (χ2v) is 18.7. The molecule has 0 spiro atoms. The first kappa shape index (κ1) is 61.9. The van der Waals surface area contributed by atoms with Crippen LogP contribution in [0.4, 0.5) is 0 Å². The van der Waals surface area contributed by atoms with Crippen LogP contribution >= 0.6 is 0 Å². The van der Waals surface area contributed by atoms with Gasteiger partial charge >= 0.3 is 5.97 Å². The number of ether oxygens (including phenoxy) is 4. The fraction of sp³-hybridized carbons (Fsp3) is 0.807. The van der Waals surface area contributed by atoms with Crippen molar-refractivity contribution >= 4 is 5.97 Å². The predicted molar refractivity (Wildman–Crippen MR) is 274 cm³/mol. The van der Waals surface area contributed by atoms with E-state index in [2.05, 4.69) is 74.6 Å². The third-order valence-electron chi connectivity index (χ3n) is 12.4. The second-order valence-electron chi connectivity index (χ2n) is 18.7. The Kier molecular flexibility index (Phi) is 45.0. The zero-order valence-electron chi connectivity index (χ0n) is 42.4. The van der Waals surface area contributed by atoms with Crippen LogP contribution < -0.4 is 0 Å². The van der Waals surface area contributed by atoms with E-state index in [1.54, 1.807) is 0 Å². The van der Waals surface area contributed by atoms with Crippen molar-refractivity contribution in [3.05, 3.63) is 60.8 Å². The Hall–Kier alpha value is -2.11. The second kappa shape index (κ2) is 47.9. The molecular formula is C57H102O9. The zero-order valence-corrected chi connectivity index (χ0v) is 42.4. The molecule has 0 aromatic heterocycles. The van der Waals surface area contributed by atoms with E-state index in [0.717, 1.165) is 57.8 Å². The summed E-state index contributed by atoms with van der Waals surface area (Å²) in [7, 11) is 0. The first-order chi connectivity index (χ1) is 32.4. The van der Waals surface area contributed by atoms with Crippen LogP contribution in [0.5, 0.6) is 0 Å². The molecule has 9 nitrogen and oxygen atoms in total. The Bertz CT molecular complexity index is 1200. The van der Waals surface area contributed by atoms with Crippen molar-refractivity contribution in [3.63, 3.8) is 0 Å². The molecule has 1 aliphatic rings. The number of hydrogen-bond donors (Lipinski definition) is 4. The predicted octanol–water partition coefficient (Wildman–Crippen LogP) is 13.8. The third kappa shape index (κ3) is 37.8. The molecule has 384 valence electrons. The summed E-state index contributed by atoms with van der Waals surface area (Å²) >= 11 is 0. The lowest BCUT2D eigenvalue weighted by Crippen LogP contribution is -2.59. The fourth-order valence-electron chi connectivity index (χ4n) is 8.12. The normalized spacial score (nSPS) is 19.8. The lowest BCUT2D eigenvalue weighted by molar-refractivity contribution is -0.305. The van der Waals surface area contributed by atoms with Crippen LogP contribution in [0.2, 0.25) is 0 Å². The third-order valence-corrected chi connectivity index (χ3v) is 12.4. The van der Waals surface area contributed by atoms with Crippen LogP contribution in [0.15, 0.2) is 60.8 Å². The van der Waals surface area contributed by atoms with Gasteiger partial charge in [0.05, 0.1) is 19.8 Å². The monoisotopic (exact) mass is 931 g/mol. The van der Waals surface area contributed by atoms with E-state index < -0.39 is 43.4 Å². The number of carbonyl (C=O) groups is 1. The molecule has 0 saturated carbocycles. The molecule has 0 radical (unpaired) electrons. The molecule has 0 aromatic carbocycles. The summed E-state index contributed by atoms with van der Waals surface area (Å²) in [5.41, 5.74) is 0. The van der Waals surface area contributed by atoms with E-state index in [-0.39, 0.29) is 19.2 Å². The first-order valence-corrected chi connectivity index (χ1v) is 27.4. The number of carbonyl (C=O) groups excluding carboxylic acids is 1. The van der Waals surface area contributed by atoms with E-state index in [0.29, 0.717) is 13.0 Å². The number of aliphatic hydroxyl groups excluding tert-OH is 4. The largest absolute Gasteiger partial charge is 0.457 e. The molecule has 66 heavy (non-hydrogen) atoms. The van der Waals surface area contributed by atoms with Gasteiger partial charge in [0.2, 0.25) is 0 Å². The average molecular weight is 931 g/mol. The summed E-state index contributed by atoms with van der Waals surface area (Å²) in [4.78, 5) is 12.9. The minimum atomic E-state index is -1.54. The number of unbranched alkanes of at least 4 members (excludes halogenated alkanes) is 26. The van der Waals surface area contributed by atoms with Crippen LogP contribution in [0.25, 0.3) is 0 Å². The van der Waals surface area contributed by atoms with Gasteiger partial charge in [-0.3, -0.25) is 4.79 Å². The van der Waals surface area contributed by atoms with Gasteiger partial charge in [-0.2, -0.15) is 0 Å². The number of esters is 1. The standard InChI is InChI=1S/C57H102O9/c1-3-5-7-9-11-13-15-17-19-21-23-25-26-27-28-30-32-34-36-38-40-42-44-46-53(59)65-51(50-64-57-56(62)55(61)54(60)52(48-58)66-57)49-63-47-45-43-41-39-37-35-33-31-29-24-22-20-18-16-14-12-10-8-6-4-2/h12,14-15,17-18,20-21,23,26-27,51-52,54-58,60-62H,3-11,13,16,19,22,24-25,28-50H2,1-2H3/b14-12-,17-15-,20-18-,23-21-,27-26-. The zero-order chi connectivity index (χ0) is 47.8. The van der Waals surface area contributed by atoms with Gasteiger partial charge in [-0.25, -0.2) is 0 Å². The SMILES string of the molecule is CCCCC/C=C\C/C=C\CCCCCCCCCCCCOCC(COC1OC(CO)C(O)C(O)C1O)OC(=O)CCCCCCCCCC/C=C\C/C=C\C/C=C\CCCCCCC. The molecule has 1 rings (SSSR count). The van der Waals surface area contributed by atoms with Gasteiger partial charge in [0.1, 0.15) is 30.5 Å². The number of hydrogen-bond acceptors (Lipinski definition) is 9. The molecule has 1 fully saturated rings. The van der Waals surface area contributed by atoms with Crippen molar-refractivity contribution in [1.29, 1.82) is 0 Å². The molecule has 1 aliphatic heterocycles. The summed E-state index contributed by atoms with van der Waals surface area (Å²) in [6.07, 6.45) is 55.4. The van der Waals surface area contributed by atoms with Crippen molar-refractivity contribution in [1.82, 2.24) is 0 Å². The average Bonchev–Trinajstić information content (AvgIpc) is 3.32. The van der Waals surface area contributed by atoms with Gasteiger partial charge in [-0.15, -0.1) is 0 Å². The van der Waals surface area contributed by atoms with Gasteiger partial charge in [0.15, 0.2) is 6.29 Å². The minimum absolute atomic E-state index is 0.119. The summed E-state index contributed by atoms with van der Waals surface area (Å²) in [5, 5.41) is 40.3. The molecule has 4 N–H and O–H groups in total. The highest BCUT2D eigenvalue weighted by Gasteiger charge is 2.44. The highest BCUT2D eigenvalue weighted by molar-refractivity contribution is 5.69. The molecular weight excluding hydrogens is 829 g/mol. The van der Waals surface area contributed by atoms with Gasteiger partial charge in [-0.05, 0) is 83.5 Å². The van der Waals surface area contributed by atoms with E-state index in [1.807, 2.05) is 0 Å². The fourth-order valence-corrected chi connectivity index (χ4v) is 8.12. The Morgan fingerprint density at radius 3 is 1.35 bits per heavy atom. The van der Waals surface area contributed by atoms with E-state index in [9.17, 15) is 25.2 Å². The summed E-state index contributed by atoms with van der Waals surface area (Å²) in [5.74, 6) is -0.321. The van der Waals surface area contributed by atoms with Crippen LogP contribution in [0.1, 0.15) is 232 Å². The highest BCUT2D eigenvalue weighted by atomic mass is 16.7. The van der Waals surface area contributed by atoms with Crippen LogP contribution in [-0.2, 0) is 23.7 Å².